The number of ether oxygens (including phenoxy) is 1. The lowest BCUT2D eigenvalue weighted by atomic mass is 10.1. The Kier molecular flexibility index (Phi) is 7.48. The highest BCUT2D eigenvalue weighted by Gasteiger charge is 2.44. The first-order valence-electron chi connectivity index (χ1n) is 12.9. The molecule has 0 unspecified atom stereocenters. The van der Waals surface area contributed by atoms with Crippen molar-refractivity contribution in [2.75, 3.05) is 11.1 Å². The van der Waals surface area contributed by atoms with Gasteiger partial charge in [-0.1, -0.05) is 30.3 Å². The summed E-state index contributed by atoms with van der Waals surface area (Å²) in [6.45, 7) is 2.55. The van der Waals surface area contributed by atoms with E-state index in [4.69, 9.17) is 10.5 Å². The van der Waals surface area contributed by atoms with Gasteiger partial charge >= 0.3 is 12.1 Å². The summed E-state index contributed by atoms with van der Waals surface area (Å²) < 4.78 is 46.0. The fourth-order valence-electron chi connectivity index (χ4n) is 4.63. The highest BCUT2D eigenvalue weighted by molar-refractivity contribution is 6.04. The predicted molar refractivity (Wildman–Crippen MR) is 154 cm³/mol. The number of aromatic nitrogens is 4. The molecule has 0 atom stereocenters. The molecule has 0 aliphatic carbocycles. The molecule has 3 N–H and O–H groups in total. The minimum atomic E-state index is -5.14. The summed E-state index contributed by atoms with van der Waals surface area (Å²) in [4.78, 5) is 45.8. The molecule has 1 amide bonds. The largest absolute Gasteiger partial charge is 0.490 e. The highest BCUT2D eigenvalue weighted by atomic mass is 19.4. The molecular weight excluding hydrogens is 565 g/mol. The zero-order chi connectivity index (χ0) is 30.9. The predicted octanol–water partition coefficient (Wildman–Crippen LogP) is 4.97. The van der Waals surface area contributed by atoms with Crippen LogP contribution in [-0.4, -0.2) is 42.8 Å². The number of carbonyl (C=O) groups excluding carboxylic acids is 2. The van der Waals surface area contributed by atoms with Gasteiger partial charge in [-0.3, -0.25) is 14.2 Å². The van der Waals surface area contributed by atoms with Crippen LogP contribution in [-0.2, 0) is 16.1 Å². The molecule has 0 aliphatic heterocycles. The van der Waals surface area contributed by atoms with E-state index in [9.17, 15) is 27.6 Å². The van der Waals surface area contributed by atoms with Crippen LogP contribution in [0.3, 0.4) is 0 Å². The summed E-state index contributed by atoms with van der Waals surface area (Å²) in [6.07, 6.45) is -0.705. The van der Waals surface area contributed by atoms with Crippen molar-refractivity contribution in [1.82, 2.24) is 19.1 Å². The third-order valence-corrected chi connectivity index (χ3v) is 6.51. The minimum absolute atomic E-state index is 0.0442. The lowest BCUT2D eigenvalue weighted by Gasteiger charge is -2.26. The number of anilines is 2. The van der Waals surface area contributed by atoms with Crippen molar-refractivity contribution in [3.8, 4) is 16.8 Å². The van der Waals surface area contributed by atoms with E-state index in [-0.39, 0.29) is 17.9 Å². The highest BCUT2D eigenvalue weighted by Crippen LogP contribution is 2.34. The standard InChI is InChI=1S/C30H25F3N6O4/c1-29(2,43-28(42)30(31,32)33)16-38-15-22(23-24(34)35-17-36-25(23)38)18-10-12-19(13-11-18)37-26(40)21-9-6-14-39(27(21)41)20-7-4-3-5-8-20/h3-15,17H,16H2,1-2H3,(H,37,40)(H2,34,35,36). The summed E-state index contributed by atoms with van der Waals surface area (Å²) >= 11 is 0. The quantitative estimate of drug-likeness (QED) is 0.256. The van der Waals surface area contributed by atoms with Gasteiger partial charge in [-0.25, -0.2) is 14.8 Å². The van der Waals surface area contributed by atoms with Crippen molar-refractivity contribution in [3.05, 3.63) is 101 Å². The Balaban J connectivity index is 1.41. The number of esters is 1. The maximum absolute atomic E-state index is 13.0. The van der Waals surface area contributed by atoms with Gasteiger partial charge in [-0.2, -0.15) is 13.2 Å². The molecule has 5 rings (SSSR count). The number of carbonyl (C=O) groups is 2. The molecule has 220 valence electrons. The van der Waals surface area contributed by atoms with E-state index < -0.39 is 29.2 Å². The lowest BCUT2D eigenvalue weighted by Crippen LogP contribution is -2.38. The zero-order valence-electron chi connectivity index (χ0n) is 22.9. The van der Waals surface area contributed by atoms with Crippen LogP contribution in [0.1, 0.15) is 24.2 Å². The smallest absolute Gasteiger partial charge is 0.451 e. The lowest BCUT2D eigenvalue weighted by molar-refractivity contribution is -0.212. The van der Waals surface area contributed by atoms with Crippen LogP contribution in [0, 0.1) is 0 Å². The fraction of sp³-hybridized carbons (Fsp3) is 0.167. The van der Waals surface area contributed by atoms with Crippen molar-refractivity contribution in [3.63, 3.8) is 0 Å². The molecule has 0 saturated carbocycles. The molecule has 0 bridgehead atoms. The van der Waals surface area contributed by atoms with E-state index in [1.165, 1.54) is 35.4 Å². The Morgan fingerprint density at radius 3 is 2.35 bits per heavy atom. The first kappa shape index (κ1) is 29.0. The van der Waals surface area contributed by atoms with Crippen molar-refractivity contribution in [2.45, 2.75) is 32.2 Å². The average molecular weight is 591 g/mol. The molecule has 3 heterocycles. The molecular formula is C30H25F3N6O4. The maximum atomic E-state index is 13.0. The molecule has 2 aromatic carbocycles. The molecule has 0 saturated heterocycles. The molecule has 43 heavy (non-hydrogen) atoms. The van der Waals surface area contributed by atoms with Gasteiger partial charge in [0.05, 0.1) is 11.9 Å². The number of nitrogens with two attached hydrogens (primary N) is 1. The second-order valence-electron chi connectivity index (χ2n) is 10.2. The summed E-state index contributed by atoms with van der Waals surface area (Å²) in [5.41, 5.74) is 6.66. The van der Waals surface area contributed by atoms with Gasteiger partial charge in [0.2, 0.25) is 0 Å². The molecule has 0 fully saturated rings. The van der Waals surface area contributed by atoms with Crippen LogP contribution in [0.25, 0.3) is 27.8 Å². The van der Waals surface area contributed by atoms with Crippen molar-refractivity contribution < 1.29 is 27.5 Å². The Bertz CT molecular complexity index is 1880. The van der Waals surface area contributed by atoms with Crippen LogP contribution in [0.5, 0.6) is 0 Å². The Morgan fingerprint density at radius 2 is 1.67 bits per heavy atom. The second-order valence-corrected chi connectivity index (χ2v) is 10.2. The number of nitrogens with one attached hydrogen (secondary N) is 1. The van der Waals surface area contributed by atoms with Crippen molar-refractivity contribution in [1.29, 1.82) is 0 Å². The van der Waals surface area contributed by atoms with E-state index in [0.29, 0.717) is 33.5 Å². The third kappa shape index (κ3) is 6.10. The van der Waals surface area contributed by atoms with Crippen molar-refractivity contribution in [2.24, 2.45) is 0 Å². The number of hydrogen-bond donors (Lipinski definition) is 2. The number of fused-ring (bicyclic) bond motifs is 1. The summed E-state index contributed by atoms with van der Waals surface area (Å²) in [5, 5.41) is 3.17. The number of para-hydroxylation sites is 1. The summed E-state index contributed by atoms with van der Waals surface area (Å²) in [6, 6.07) is 18.6. The van der Waals surface area contributed by atoms with Gasteiger partial charge in [0.25, 0.3) is 11.5 Å². The van der Waals surface area contributed by atoms with E-state index >= 15 is 0 Å². The Hall–Kier alpha value is -5.46. The minimum Gasteiger partial charge on any atom is -0.451 e. The summed E-state index contributed by atoms with van der Waals surface area (Å²) in [5.74, 6) is -2.75. The average Bonchev–Trinajstić information content (AvgIpc) is 3.32. The second kappa shape index (κ2) is 11.1. The first-order valence-corrected chi connectivity index (χ1v) is 12.9. The topological polar surface area (TPSA) is 134 Å². The van der Waals surface area contributed by atoms with Gasteiger partial charge in [0.15, 0.2) is 0 Å². The Morgan fingerprint density at radius 1 is 0.977 bits per heavy atom. The van der Waals surface area contributed by atoms with Gasteiger partial charge in [0, 0.05) is 29.3 Å². The van der Waals surface area contributed by atoms with Gasteiger partial charge in [0.1, 0.15) is 29.0 Å². The molecule has 0 radical (unpaired) electrons. The third-order valence-electron chi connectivity index (χ3n) is 6.51. The summed E-state index contributed by atoms with van der Waals surface area (Å²) in [7, 11) is 0. The molecule has 0 spiro atoms. The van der Waals surface area contributed by atoms with Crippen molar-refractivity contribution >= 4 is 34.4 Å². The van der Waals surface area contributed by atoms with E-state index in [1.54, 1.807) is 67.0 Å². The van der Waals surface area contributed by atoms with E-state index in [1.807, 2.05) is 6.07 Å². The van der Waals surface area contributed by atoms with Crippen LogP contribution in [0.15, 0.2) is 90.2 Å². The molecule has 3 aromatic heterocycles. The SMILES string of the molecule is CC(C)(Cn1cc(-c2ccc(NC(=O)c3cccn(-c4ccccc4)c3=O)cc2)c2c(N)ncnc21)OC(=O)C(F)(F)F. The number of halogens is 3. The Labute approximate surface area is 242 Å². The molecule has 10 nitrogen and oxygen atoms in total. The van der Waals surface area contributed by atoms with Crippen LogP contribution in [0.4, 0.5) is 24.7 Å². The van der Waals surface area contributed by atoms with Crippen LogP contribution in [0.2, 0.25) is 0 Å². The number of pyridine rings is 1. The number of alkyl halides is 3. The van der Waals surface area contributed by atoms with Gasteiger partial charge in [-0.05, 0) is 55.8 Å². The number of rotatable bonds is 7. The van der Waals surface area contributed by atoms with Crippen LogP contribution < -0.4 is 16.6 Å². The number of nitrogens with zero attached hydrogens (tertiary/aromatic N) is 4. The molecule has 5 aromatic rings. The number of nitrogen functional groups attached to an aromatic ring is 1. The fourth-order valence-corrected chi connectivity index (χ4v) is 4.63. The zero-order valence-corrected chi connectivity index (χ0v) is 22.9. The number of benzene rings is 2. The van der Waals surface area contributed by atoms with Crippen LogP contribution >= 0.6 is 0 Å². The molecule has 0 aliphatic rings. The van der Waals surface area contributed by atoms with Gasteiger partial charge < -0.3 is 20.4 Å². The van der Waals surface area contributed by atoms with E-state index in [0.717, 1.165) is 0 Å². The normalized spacial score (nSPS) is 11.8. The van der Waals surface area contributed by atoms with E-state index in [2.05, 4.69) is 15.3 Å². The number of amides is 1. The first-order chi connectivity index (χ1) is 20.3. The molecule has 13 heteroatoms. The monoisotopic (exact) mass is 590 g/mol. The number of hydrogen-bond acceptors (Lipinski definition) is 7. The maximum Gasteiger partial charge on any atom is 0.490 e. The van der Waals surface area contributed by atoms with Gasteiger partial charge in [-0.15, -0.1) is 0 Å².